The number of likely N-dealkylation sites (tertiary alicyclic amines) is 1. The van der Waals surface area contributed by atoms with Gasteiger partial charge in [0.15, 0.2) is 6.61 Å². The van der Waals surface area contributed by atoms with Gasteiger partial charge in [0.25, 0.3) is 11.6 Å². The maximum Gasteiger partial charge on any atom is 0.329 e. The number of nitrogens with zero attached hydrogens (tertiary/aromatic N) is 2. The maximum absolute atomic E-state index is 12.8. The molecule has 162 valence electrons. The van der Waals surface area contributed by atoms with Crippen LogP contribution in [0.3, 0.4) is 0 Å². The van der Waals surface area contributed by atoms with Crippen molar-refractivity contribution in [1.82, 2.24) is 4.90 Å². The van der Waals surface area contributed by atoms with Crippen molar-refractivity contribution in [3.05, 3.63) is 46.0 Å². The number of amides is 3. The number of nitro benzene ring substituents is 1. The van der Waals surface area contributed by atoms with Crippen LogP contribution in [0.4, 0.5) is 11.4 Å². The molecule has 1 saturated carbocycles. The number of nitro groups is 1. The Morgan fingerprint density at radius 1 is 1.23 bits per heavy atom. The topological polar surface area (TPSA) is 136 Å². The van der Waals surface area contributed by atoms with Gasteiger partial charge in [-0.1, -0.05) is 18.2 Å². The van der Waals surface area contributed by atoms with Gasteiger partial charge in [-0.25, -0.2) is 4.79 Å². The van der Waals surface area contributed by atoms with E-state index in [0.717, 1.165) is 11.3 Å². The zero-order valence-electron chi connectivity index (χ0n) is 16.9. The molecular formula is C21H21N3O7. The molecule has 10 heteroatoms. The molecule has 1 N–H and O–H groups in total. The number of hydrogen-bond acceptors (Lipinski definition) is 7. The first kappa shape index (κ1) is 20.7. The molecule has 2 bridgehead atoms. The molecule has 1 saturated heterocycles. The summed E-state index contributed by atoms with van der Waals surface area (Å²) in [5.74, 6) is -3.07. The summed E-state index contributed by atoms with van der Waals surface area (Å²) >= 11 is 0. The van der Waals surface area contributed by atoms with Crippen LogP contribution in [-0.2, 0) is 23.9 Å². The molecule has 5 atom stereocenters. The van der Waals surface area contributed by atoms with Crippen LogP contribution in [0.2, 0.25) is 0 Å². The summed E-state index contributed by atoms with van der Waals surface area (Å²) in [6.45, 7) is 2.32. The van der Waals surface area contributed by atoms with E-state index in [2.05, 4.69) is 5.32 Å². The van der Waals surface area contributed by atoms with Crippen LogP contribution in [0.1, 0.15) is 18.9 Å². The van der Waals surface area contributed by atoms with Gasteiger partial charge in [-0.15, -0.1) is 0 Å². The molecule has 1 aromatic carbocycles. The van der Waals surface area contributed by atoms with E-state index < -0.39 is 41.3 Å². The fourth-order valence-corrected chi connectivity index (χ4v) is 4.75. The molecule has 3 aliphatic rings. The Kier molecular flexibility index (Phi) is 5.08. The summed E-state index contributed by atoms with van der Waals surface area (Å²) < 4.78 is 4.99. The van der Waals surface area contributed by atoms with Crippen molar-refractivity contribution in [2.24, 2.45) is 23.7 Å². The number of carbonyl (C=O) groups is 4. The third kappa shape index (κ3) is 3.47. The first-order valence-electron chi connectivity index (χ1n) is 9.95. The number of aryl methyl sites for hydroxylation is 1. The van der Waals surface area contributed by atoms with Crippen LogP contribution in [0, 0.1) is 40.7 Å². The highest BCUT2D eigenvalue weighted by Crippen LogP contribution is 2.52. The van der Waals surface area contributed by atoms with E-state index >= 15 is 0 Å². The summed E-state index contributed by atoms with van der Waals surface area (Å²) in [5, 5.41) is 13.4. The van der Waals surface area contributed by atoms with E-state index in [9.17, 15) is 29.3 Å². The van der Waals surface area contributed by atoms with Crippen molar-refractivity contribution in [3.63, 3.8) is 0 Å². The molecule has 0 unspecified atom stereocenters. The zero-order valence-corrected chi connectivity index (χ0v) is 16.9. The van der Waals surface area contributed by atoms with Gasteiger partial charge in [-0.3, -0.25) is 29.4 Å². The zero-order chi connectivity index (χ0) is 22.4. The second-order valence-electron chi connectivity index (χ2n) is 8.14. The van der Waals surface area contributed by atoms with Crippen molar-refractivity contribution in [3.8, 4) is 0 Å². The summed E-state index contributed by atoms with van der Waals surface area (Å²) in [6, 6.07) is 3.05. The number of esters is 1. The molecule has 4 rings (SSSR count). The number of allylic oxidation sites excluding steroid dienone is 2. The Balaban J connectivity index is 1.34. The standard InChI is InChI=1S/C21H21N3O7/c1-10-3-6-14(8-15(10)24(29)30)22-16(25)9-31-21(28)11(2)23-19(26)17-12-4-5-13(7-12)18(17)20(23)27/h3-6,8,11-13,17-18H,7,9H2,1-2H3,(H,22,25)/t11-,12+,13+,17-,18+/m1/s1. The van der Waals surface area contributed by atoms with Gasteiger partial charge in [0.2, 0.25) is 11.8 Å². The van der Waals surface area contributed by atoms with Crippen molar-refractivity contribution in [1.29, 1.82) is 0 Å². The first-order chi connectivity index (χ1) is 14.7. The number of benzene rings is 1. The summed E-state index contributed by atoms with van der Waals surface area (Å²) in [6.07, 6.45) is 4.71. The van der Waals surface area contributed by atoms with Crippen molar-refractivity contribution in [2.75, 3.05) is 11.9 Å². The predicted octanol–water partition coefficient (Wildman–Crippen LogP) is 1.58. The maximum atomic E-state index is 12.8. The minimum atomic E-state index is -1.14. The van der Waals surface area contributed by atoms with Crippen LogP contribution in [0.25, 0.3) is 0 Å². The van der Waals surface area contributed by atoms with Crippen LogP contribution >= 0.6 is 0 Å². The minimum Gasteiger partial charge on any atom is -0.454 e. The largest absolute Gasteiger partial charge is 0.454 e. The van der Waals surface area contributed by atoms with Gasteiger partial charge in [0.05, 0.1) is 16.8 Å². The van der Waals surface area contributed by atoms with Gasteiger partial charge in [-0.2, -0.15) is 0 Å². The summed E-state index contributed by atoms with van der Waals surface area (Å²) in [4.78, 5) is 61.4. The van der Waals surface area contributed by atoms with E-state index in [1.807, 2.05) is 12.2 Å². The quantitative estimate of drug-likeness (QED) is 0.239. The Bertz CT molecular complexity index is 1000. The normalized spacial score (nSPS) is 26.7. The molecule has 3 amide bonds. The van der Waals surface area contributed by atoms with E-state index in [-0.39, 0.29) is 35.0 Å². The smallest absolute Gasteiger partial charge is 0.329 e. The monoisotopic (exact) mass is 427 g/mol. The number of hydrogen-bond donors (Lipinski definition) is 1. The molecule has 0 spiro atoms. The Morgan fingerprint density at radius 2 is 1.84 bits per heavy atom. The second kappa shape index (κ2) is 7.60. The SMILES string of the molecule is Cc1ccc(NC(=O)COC(=O)[C@@H](C)N2C(=O)[C@@H]3[C@H](C2=O)[C@H]2C=C[C@H]3C2)cc1[N+](=O)[O-]. The Hall–Kier alpha value is -3.56. The number of imide groups is 1. The highest BCUT2D eigenvalue weighted by Gasteiger charge is 2.60. The second-order valence-corrected chi connectivity index (χ2v) is 8.14. The van der Waals surface area contributed by atoms with E-state index in [4.69, 9.17) is 4.74 Å². The number of anilines is 1. The van der Waals surface area contributed by atoms with Gasteiger partial charge < -0.3 is 10.1 Å². The highest BCUT2D eigenvalue weighted by molar-refractivity contribution is 6.09. The van der Waals surface area contributed by atoms with Crippen molar-refractivity contribution in [2.45, 2.75) is 26.3 Å². The fraction of sp³-hybridized carbons (Fsp3) is 0.429. The molecule has 31 heavy (non-hydrogen) atoms. The lowest BCUT2D eigenvalue weighted by atomic mass is 9.85. The molecule has 0 aromatic heterocycles. The van der Waals surface area contributed by atoms with Gasteiger partial charge in [0, 0.05) is 17.3 Å². The number of fused-ring (bicyclic) bond motifs is 5. The molecule has 1 aromatic rings. The van der Waals surface area contributed by atoms with E-state index in [1.54, 1.807) is 6.92 Å². The number of carbonyl (C=O) groups excluding carboxylic acids is 4. The lowest BCUT2D eigenvalue weighted by molar-refractivity contribution is -0.385. The predicted molar refractivity (Wildman–Crippen MR) is 106 cm³/mol. The average molecular weight is 427 g/mol. The van der Waals surface area contributed by atoms with Gasteiger partial charge in [-0.05, 0) is 38.2 Å². The molecule has 1 heterocycles. The Labute approximate surface area is 177 Å². The van der Waals surface area contributed by atoms with Crippen molar-refractivity contribution >= 4 is 35.1 Å². The fourth-order valence-electron chi connectivity index (χ4n) is 4.75. The lowest BCUT2D eigenvalue weighted by Gasteiger charge is -2.23. The average Bonchev–Trinajstić information content (AvgIpc) is 3.40. The van der Waals surface area contributed by atoms with E-state index in [1.165, 1.54) is 25.1 Å². The minimum absolute atomic E-state index is 0.0315. The van der Waals surface area contributed by atoms with Crippen LogP contribution in [0.15, 0.2) is 30.4 Å². The number of ether oxygens (including phenoxy) is 1. The molecular weight excluding hydrogens is 406 g/mol. The van der Waals surface area contributed by atoms with Gasteiger partial charge >= 0.3 is 5.97 Å². The molecule has 10 nitrogen and oxygen atoms in total. The number of nitrogens with one attached hydrogen (secondary N) is 1. The Morgan fingerprint density at radius 3 is 2.42 bits per heavy atom. The summed E-state index contributed by atoms with van der Waals surface area (Å²) in [5.41, 5.74) is 0.479. The van der Waals surface area contributed by atoms with Crippen LogP contribution in [0.5, 0.6) is 0 Å². The number of rotatable bonds is 6. The first-order valence-corrected chi connectivity index (χ1v) is 9.95. The molecule has 1 aliphatic heterocycles. The molecule has 0 radical (unpaired) electrons. The summed E-state index contributed by atoms with van der Waals surface area (Å²) in [7, 11) is 0. The molecule has 2 aliphatic carbocycles. The molecule has 2 fully saturated rings. The third-order valence-corrected chi connectivity index (χ3v) is 6.27. The van der Waals surface area contributed by atoms with Crippen molar-refractivity contribution < 1.29 is 28.8 Å². The highest BCUT2D eigenvalue weighted by atomic mass is 16.6. The van der Waals surface area contributed by atoms with E-state index in [0.29, 0.717) is 5.56 Å². The third-order valence-electron chi connectivity index (χ3n) is 6.27. The van der Waals surface area contributed by atoms with Gasteiger partial charge in [0.1, 0.15) is 6.04 Å². The lowest BCUT2D eigenvalue weighted by Crippen LogP contribution is -2.45. The van der Waals surface area contributed by atoms with Crippen LogP contribution in [-0.4, -0.2) is 46.2 Å². The van der Waals surface area contributed by atoms with Crippen LogP contribution < -0.4 is 5.32 Å².